The lowest BCUT2D eigenvalue weighted by atomic mass is 10.0. The number of benzene rings is 2. The summed E-state index contributed by atoms with van der Waals surface area (Å²) in [4.78, 5) is 4.39. The summed E-state index contributed by atoms with van der Waals surface area (Å²) in [7, 11) is 0. The van der Waals surface area contributed by atoms with E-state index in [-0.39, 0.29) is 28.0 Å². The minimum Gasteiger partial charge on any atom is -0.339 e. The first-order chi connectivity index (χ1) is 15.7. The lowest BCUT2D eigenvalue weighted by Crippen LogP contribution is -2.07. The van der Waals surface area contributed by atoms with Gasteiger partial charge in [-0.1, -0.05) is 11.8 Å². The van der Waals surface area contributed by atoms with E-state index in [1.54, 1.807) is 17.4 Å². The molecule has 5 rings (SSSR count). The van der Waals surface area contributed by atoms with Gasteiger partial charge in [0.2, 0.25) is 6.43 Å². The van der Waals surface area contributed by atoms with Gasteiger partial charge in [0.15, 0.2) is 0 Å². The summed E-state index contributed by atoms with van der Waals surface area (Å²) in [6, 6.07) is 6.80. The zero-order valence-electron chi connectivity index (χ0n) is 17.9. The fraction of sp³-hybridized carbons (Fsp3) is 0.292. The number of nitrogens with zero attached hydrogens (tertiary/aromatic N) is 4. The Morgan fingerprint density at radius 2 is 1.94 bits per heavy atom. The number of alkyl halides is 2. The van der Waals surface area contributed by atoms with Crippen LogP contribution in [0.5, 0.6) is 0 Å². The molecule has 0 aliphatic heterocycles. The maximum absolute atomic E-state index is 14.7. The Bertz CT molecular complexity index is 1460. The molecule has 1 fully saturated rings. The van der Waals surface area contributed by atoms with Gasteiger partial charge in [0.05, 0.1) is 5.52 Å². The molecule has 4 aromatic rings. The minimum absolute atomic E-state index is 0.0318. The number of rotatable bonds is 4. The molecule has 1 aliphatic carbocycles. The predicted octanol–water partition coefficient (Wildman–Crippen LogP) is 5.57. The Kier molecular flexibility index (Phi) is 4.96. The number of aryl methyl sites for hydroxylation is 1. The van der Waals surface area contributed by atoms with Crippen molar-refractivity contribution in [2.75, 3.05) is 5.32 Å². The van der Waals surface area contributed by atoms with Gasteiger partial charge < -0.3 is 5.32 Å². The fourth-order valence-electron chi connectivity index (χ4n) is 3.77. The van der Waals surface area contributed by atoms with Crippen LogP contribution in [-0.2, 0) is 6.42 Å². The van der Waals surface area contributed by atoms with E-state index in [9.17, 15) is 17.6 Å². The van der Waals surface area contributed by atoms with Gasteiger partial charge in [-0.2, -0.15) is 4.98 Å². The third-order valence-corrected chi connectivity index (χ3v) is 5.76. The second-order valence-corrected chi connectivity index (χ2v) is 8.52. The number of aromatic nitrogens is 4. The van der Waals surface area contributed by atoms with Crippen molar-refractivity contribution in [1.29, 1.82) is 0 Å². The Labute approximate surface area is 186 Å². The van der Waals surface area contributed by atoms with Crippen molar-refractivity contribution in [1.82, 2.24) is 19.6 Å². The van der Waals surface area contributed by atoms with Crippen LogP contribution in [0.15, 0.2) is 30.3 Å². The molecule has 2 aromatic heterocycles. The van der Waals surface area contributed by atoms with Crippen molar-refractivity contribution in [2.45, 2.75) is 39.5 Å². The fourth-order valence-corrected chi connectivity index (χ4v) is 3.77. The molecule has 5 nitrogen and oxygen atoms in total. The first kappa shape index (κ1) is 21.2. The minimum atomic E-state index is -2.77. The largest absolute Gasteiger partial charge is 0.339 e. The summed E-state index contributed by atoms with van der Waals surface area (Å²) in [5.74, 6) is 5.60. The first-order valence-electron chi connectivity index (χ1n) is 10.4. The van der Waals surface area contributed by atoms with Crippen LogP contribution >= 0.6 is 0 Å². The Balaban J connectivity index is 1.68. The van der Waals surface area contributed by atoms with Gasteiger partial charge in [0.25, 0.3) is 5.78 Å². The molecule has 0 bridgehead atoms. The molecule has 9 heteroatoms. The molecule has 33 heavy (non-hydrogen) atoms. The maximum atomic E-state index is 14.7. The molecule has 168 valence electrons. The molecular formula is C24H19F4N5. The second kappa shape index (κ2) is 7.73. The number of anilines is 2. The molecule has 0 amide bonds. The monoisotopic (exact) mass is 453 g/mol. The molecule has 0 radical (unpaired) electrons. The number of halogens is 4. The molecule has 2 heterocycles. The third-order valence-electron chi connectivity index (χ3n) is 5.76. The van der Waals surface area contributed by atoms with Crippen LogP contribution in [0, 0.1) is 35.8 Å². The van der Waals surface area contributed by atoms with Crippen molar-refractivity contribution in [3.05, 3.63) is 58.9 Å². The molecule has 1 aliphatic rings. The van der Waals surface area contributed by atoms with Crippen LogP contribution in [0.1, 0.15) is 36.7 Å². The van der Waals surface area contributed by atoms with Gasteiger partial charge in [-0.05, 0) is 57.0 Å². The van der Waals surface area contributed by atoms with Crippen molar-refractivity contribution >= 4 is 28.2 Å². The standard InChI is InChI=1S/C24H19F4N5/c1-13-31-32-23-30-22(21-17(12-20(27)28)18(26)3-4-19(21)33(13)23)29-16-10-14(9-15(25)11-16)5-6-24(2)7-8-24/h3-4,9-11,20H,7-8,12H2,1-2H3,(H,29,30,32). The first-order valence-corrected chi connectivity index (χ1v) is 10.4. The van der Waals surface area contributed by atoms with E-state index >= 15 is 0 Å². The van der Waals surface area contributed by atoms with E-state index in [1.165, 1.54) is 18.2 Å². The van der Waals surface area contributed by atoms with Crippen molar-refractivity contribution in [3.63, 3.8) is 0 Å². The highest BCUT2D eigenvalue weighted by atomic mass is 19.3. The van der Waals surface area contributed by atoms with Crippen LogP contribution in [0.2, 0.25) is 0 Å². The average molecular weight is 453 g/mol. The van der Waals surface area contributed by atoms with Crippen molar-refractivity contribution in [3.8, 4) is 11.8 Å². The van der Waals surface area contributed by atoms with Gasteiger partial charge in [-0.3, -0.25) is 4.40 Å². The highest BCUT2D eigenvalue weighted by Gasteiger charge is 2.35. The SMILES string of the molecule is Cc1nnc2nc(Nc3cc(F)cc(C#CC4(C)CC4)c3)c3c(CC(F)F)c(F)ccc3n12. The third kappa shape index (κ3) is 4.09. The summed E-state index contributed by atoms with van der Waals surface area (Å²) in [6.07, 6.45) is -1.56. The quantitative estimate of drug-likeness (QED) is 0.324. The average Bonchev–Trinajstić information content (AvgIpc) is 3.38. The van der Waals surface area contributed by atoms with Crippen LogP contribution in [0.3, 0.4) is 0 Å². The smallest absolute Gasteiger partial charge is 0.257 e. The summed E-state index contributed by atoms with van der Waals surface area (Å²) in [5, 5.41) is 11.1. The van der Waals surface area contributed by atoms with E-state index in [4.69, 9.17) is 0 Å². The van der Waals surface area contributed by atoms with E-state index in [1.807, 2.05) is 6.92 Å². The second-order valence-electron chi connectivity index (χ2n) is 8.52. The number of hydrogen-bond donors (Lipinski definition) is 1. The van der Waals surface area contributed by atoms with Crippen LogP contribution < -0.4 is 5.32 Å². The summed E-state index contributed by atoms with van der Waals surface area (Å²) in [6.45, 7) is 3.73. The zero-order valence-corrected chi connectivity index (χ0v) is 17.9. The van der Waals surface area contributed by atoms with E-state index in [0.717, 1.165) is 18.9 Å². The van der Waals surface area contributed by atoms with Crippen LogP contribution in [0.25, 0.3) is 16.7 Å². The van der Waals surface area contributed by atoms with Crippen molar-refractivity contribution < 1.29 is 17.6 Å². The molecule has 1 N–H and O–H groups in total. The molecule has 0 atom stereocenters. The van der Waals surface area contributed by atoms with Gasteiger partial charge in [-0.25, -0.2) is 17.6 Å². The number of fused-ring (bicyclic) bond motifs is 3. The molecule has 1 saturated carbocycles. The van der Waals surface area contributed by atoms with Crippen molar-refractivity contribution in [2.24, 2.45) is 5.41 Å². The predicted molar refractivity (Wildman–Crippen MR) is 117 cm³/mol. The van der Waals surface area contributed by atoms with Gasteiger partial charge in [0.1, 0.15) is 23.3 Å². The molecule has 2 aromatic carbocycles. The zero-order chi connectivity index (χ0) is 23.3. The number of nitrogens with one attached hydrogen (secondary N) is 1. The normalized spacial score (nSPS) is 14.5. The van der Waals surface area contributed by atoms with Crippen LogP contribution in [-0.4, -0.2) is 26.0 Å². The van der Waals surface area contributed by atoms with Crippen LogP contribution in [0.4, 0.5) is 29.1 Å². The summed E-state index contributed by atoms with van der Waals surface area (Å²) < 4.78 is 57.2. The lowest BCUT2D eigenvalue weighted by Gasteiger charge is -2.15. The molecule has 0 spiro atoms. The van der Waals surface area contributed by atoms with E-state index in [2.05, 4.69) is 32.3 Å². The molecule has 0 unspecified atom stereocenters. The lowest BCUT2D eigenvalue weighted by molar-refractivity contribution is 0.148. The molecular weight excluding hydrogens is 434 g/mol. The highest BCUT2D eigenvalue weighted by Crippen LogP contribution is 2.44. The van der Waals surface area contributed by atoms with Gasteiger partial charge in [-0.15, -0.1) is 10.2 Å². The van der Waals surface area contributed by atoms with Gasteiger partial charge >= 0.3 is 0 Å². The highest BCUT2D eigenvalue weighted by molar-refractivity contribution is 5.95. The Morgan fingerprint density at radius 1 is 1.15 bits per heavy atom. The Morgan fingerprint density at radius 3 is 2.67 bits per heavy atom. The summed E-state index contributed by atoms with van der Waals surface area (Å²) in [5.41, 5.74) is 0.969. The van der Waals surface area contributed by atoms with E-state index < -0.39 is 24.5 Å². The maximum Gasteiger partial charge on any atom is 0.257 e. The Hall–Kier alpha value is -3.67. The van der Waals surface area contributed by atoms with E-state index in [0.29, 0.717) is 22.6 Å². The van der Waals surface area contributed by atoms with Gasteiger partial charge in [0, 0.05) is 34.0 Å². The topological polar surface area (TPSA) is 55.1 Å². The molecule has 0 saturated heterocycles. The number of hydrogen-bond acceptors (Lipinski definition) is 4. The summed E-state index contributed by atoms with van der Waals surface area (Å²) >= 11 is 0.